The fraction of sp³-hybridized carbons (Fsp3) is 0.263. The number of carbonyl (C=O) groups excluding carboxylic acids is 2. The van der Waals surface area contributed by atoms with Crippen LogP contribution in [0.5, 0.6) is 11.5 Å². The average molecular weight is 388 g/mol. The van der Waals surface area contributed by atoms with E-state index in [-0.39, 0.29) is 22.7 Å². The van der Waals surface area contributed by atoms with Crippen molar-refractivity contribution in [3.8, 4) is 11.5 Å². The minimum atomic E-state index is -1.16. The zero-order chi connectivity index (χ0) is 20.7. The van der Waals surface area contributed by atoms with Gasteiger partial charge in [0.25, 0.3) is 11.6 Å². The highest BCUT2D eigenvalue weighted by molar-refractivity contribution is 5.99. The van der Waals surface area contributed by atoms with Crippen molar-refractivity contribution in [2.24, 2.45) is 0 Å². The van der Waals surface area contributed by atoms with E-state index in [2.05, 4.69) is 5.32 Å². The minimum absolute atomic E-state index is 0.0966. The average Bonchev–Trinajstić information content (AvgIpc) is 2.68. The number of nitrogens with zero attached hydrogens (tertiary/aromatic N) is 1. The first kappa shape index (κ1) is 20.7. The van der Waals surface area contributed by atoms with Crippen molar-refractivity contribution in [3.63, 3.8) is 0 Å². The van der Waals surface area contributed by atoms with Crippen LogP contribution in [0.3, 0.4) is 0 Å². The van der Waals surface area contributed by atoms with Gasteiger partial charge >= 0.3 is 5.97 Å². The van der Waals surface area contributed by atoms with E-state index in [1.807, 2.05) is 0 Å². The normalized spacial score (nSPS) is 11.2. The number of nitro benzene ring substituents is 1. The quantitative estimate of drug-likeness (QED) is 0.419. The molecule has 1 N–H and O–H groups in total. The van der Waals surface area contributed by atoms with Gasteiger partial charge in [0.2, 0.25) is 0 Å². The third kappa shape index (κ3) is 4.97. The van der Waals surface area contributed by atoms with Crippen LogP contribution in [-0.4, -0.2) is 36.6 Å². The minimum Gasteiger partial charge on any atom is -0.495 e. The molecule has 2 rings (SSSR count). The molecular formula is C19H20N2O7. The molecule has 0 heterocycles. The highest BCUT2D eigenvalue weighted by atomic mass is 16.6. The highest BCUT2D eigenvalue weighted by Crippen LogP contribution is 2.29. The topological polar surface area (TPSA) is 117 Å². The van der Waals surface area contributed by atoms with E-state index in [0.29, 0.717) is 12.4 Å². The second-order valence-corrected chi connectivity index (χ2v) is 5.61. The molecule has 0 saturated carbocycles. The number of anilines is 1. The summed E-state index contributed by atoms with van der Waals surface area (Å²) in [7, 11) is 1.37. The molecule has 28 heavy (non-hydrogen) atoms. The van der Waals surface area contributed by atoms with Crippen LogP contribution in [-0.2, 0) is 9.53 Å². The molecule has 0 saturated heterocycles. The molecule has 0 aliphatic heterocycles. The summed E-state index contributed by atoms with van der Waals surface area (Å²) in [5.41, 5.74) is 0.0719. The summed E-state index contributed by atoms with van der Waals surface area (Å²) in [5.74, 6) is -0.805. The van der Waals surface area contributed by atoms with Gasteiger partial charge in [-0.15, -0.1) is 0 Å². The molecule has 0 bridgehead atoms. The Morgan fingerprint density at radius 1 is 1.18 bits per heavy atom. The number of methoxy groups -OCH3 is 1. The first-order valence-corrected chi connectivity index (χ1v) is 8.43. The van der Waals surface area contributed by atoms with Gasteiger partial charge in [-0.25, -0.2) is 4.79 Å². The van der Waals surface area contributed by atoms with Crippen molar-refractivity contribution in [1.82, 2.24) is 0 Å². The SMILES string of the molecule is CCOc1ccccc1C(=O)O[C@@H](C)C(=O)Nc1cc([N+](=O)[O-])ccc1OC. The monoisotopic (exact) mass is 388 g/mol. The van der Waals surface area contributed by atoms with E-state index in [0.717, 1.165) is 6.07 Å². The molecule has 0 radical (unpaired) electrons. The summed E-state index contributed by atoms with van der Waals surface area (Å²) in [6.45, 7) is 3.54. The lowest BCUT2D eigenvalue weighted by Gasteiger charge is -2.16. The second-order valence-electron chi connectivity index (χ2n) is 5.61. The molecule has 2 aromatic carbocycles. The van der Waals surface area contributed by atoms with Crippen LogP contribution < -0.4 is 14.8 Å². The van der Waals surface area contributed by atoms with Crippen molar-refractivity contribution >= 4 is 23.3 Å². The number of para-hydroxylation sites is 1. The third-order valence-electron chi connectivity index (χ3n) is 3.71. The molecule has 1 atom stereocenters. The molecule has 0 aliphatic rings. The third-order valence-corrected chi connectivity index (χ3v) is 3.71. The lowest BCUT2D eigenvalue weighted by molar-refractivity contribution is -0.384. The molecule has 1 amide bonds. The molecule has 0 spiro atoms. The van der Waals surface area contributed by atoms with Gasteiger partial charge in [0.05, 0.1) is 24.3 Å². The van der Waals surface area contributed by atoms with Crippen LogP contribution in [0.1, 0.15) is 24.2 Å². The van der Waals surface area contributed by atoms with Gasteiger partial charge in [-0.3, -0.25) is 14.9 Å². The van der Waals surface area contributed by atoms with E-state index < -0.39 is 22.9 Å². The molecule has 0 unspecified atom stereocenters. The van der Waals surface area contributed by atoms with Crippen LogP contribution in [0, 0.1) is 10.1 Å². The number of carbonyl (C=O) groups is 2. The maximum absolute atomic E-state index is 12.4. The number of benzene rings is 2. The number of nitro groups is 1. The molecule has 0 fully saturated rings. The van der Waals surface area contributed by atoms with E-state index in [1.165, 1.54) is 32.2 Å². The standard InChI is InChI=1S/C19H20N2O7/c1-4-27-16-8-6-5-7-14(16)19(23)28-12(2)18(22)20-15-11-13(21(24)25)9-10-17(15)26-3/h5-12H,4H2,1-3H3,(H,20,22)/t12-/m0/s1. The van der Waals surface area contributed by atoms with Crippen molar-refractivity contribution in [3.05, 3.63) is 58.1 Å². The molecule has 0 aliphatic carbocycles. The van der Waals surface area contributed by atoms with Gasteiger partial charge in [-0.2, -0.15) is 0 Å². The lowest BCUT2D eigenvalue weighted by Crippen LogP contribution is -2.30. The predicted molar refractivity (Wildman–Crippen MR) is 101 cm³/mol. The van der Waals surface area contributed by atoms with Crippen LogP contribution in [0.25, 0.3) is 0 Å². The molecule has 9 nitrogen and oxygen atoms in total. The van der Waals surface area contributed by atoms with Crippen LogP contribution in [0.4, 0.5) is 11.4 Å². The second kappa shape index (κ2) is 9.36. The Balaban J connectivity index is 2.12. The number of hydrogen-bond acceptors (Lipinski definition) is 7. The number of ether oxygens (including phenoxy) is 3. The van der Waals surface area contributed by atoms with Gasteiger partial charge in [0, 0.05) is 12.1 Å². The molecule has 0 aromatic heterocycles. The van der Waals surface area contributed by atoms with Gasteiger partial charge in [0.1, 0.15) is 17.1 Å². The van der Waals surface area contributed by atoms with Crippen LogP contribution >= 0.6 is 0 Å². The fourth-order valence-corrected chi connectivity index (χ4v) is 2.34. The van der Waals surface area contributed by atoms with Crippen LogP contribution in [0.2, 0.25) is 0 Å². The zero-order valence-electron chi connectivity index (χ0n) is 15.6. The fourth-order valence-electron chi connectivity index (χ4n) is 2.34. The molecular weight excluding hydrogens is 368 g/mol. The number of non-ortho nitro benzene ring substituents is 1. The van der Waals surface area contributed by atoms with E-state index in [1.54, 1.807) is 25.1 Å². The smallest absolute Gasteiger partial charge is 0.342 e. The molecule has 2 aromatic rings. The molecule has 148 valence electrons. The largest absolute Gasteiger partial charge is 0.495 e. The Hall–Kier alpha value is -3.62. The van der Waals surface area contributed by atoms with Gasteiger partial charge in [-0.1, -0.05) is 12.1 Å². The Morgan fingerprint density at radius 3 is 2.54 bits per heavy atom. The Kier molecular flexibility index (Phi) is 6.91. The Morgan fingerprint density at radius 2 is 1.89 bits per heavy atom. The van der Waals surface area contributed by atoms with Crippen molar-refractivity contribution in [1.29, 1.82) is 0 Å². The first-order valence-electron chi connectivity index (χ1n) is 8.43. The summed E-state index contributed by atoms with van der Waals surface area (Å²) in [6, 6.07) is 10.3. The predicted octanol–water partition coefficient (Wildman–Crippen LogP) is 3.19. The van der Waals surface area contributed by atoms with Crippen molar-refractivity contribution in [2.45, 2.75) is 20.0 Å². The molecule has 9 heteroatoms. The van der Waals surface area contributed by atoms with Crippen molar-refractivity contribution < 1.29 is 28.7 Å². The van der Waals surface area contributed by atoms with Gasteiger partial charge in [0.15, 0.2) is 6.10 Å². The van der Waals surface area contributed by atoms with E-state index in [4.69, 9.17) is 14.2 Å². The maximum atomic E-state index is 12.4. The number of nitrogens with one attached hydrogen (secondary N) is 1. The zero-order valence-corrected chi connectivity index (χ0v) is 15.6. The van der Waals surface area contributed by atoms with E-state index in [9.17, 15) is 19.7 Å². The Labute approximate surface area is 161 Å². The number of rotatable bonds is 8. The maximum Gasteiger partial charge on any atom is 0.342 e. The highest BCUT2D eigenvalue weighted by Gasteiger charge is 2.23. The van der Waals surface area contributed by atoms with E-state index >= 15 is 0 Å². The number of hydrogen-bond donors (Lipinski definition) is 1. The number of amides is 1. The number of esters is 1. The van der Waals surface area contributed by atoms with Gasteiger partial charge < -0.3 is 19.5 Å². The van der Waals surface area contributed by atoms with Crippen LogP contribution in [0.15, 0.2) is 42.5 Å². The Bertz CT molecular complexity index is 882. The van der Waals surface area contributed by atoms with Gasteiger partial charge in [-0.05, 0) is 32.0 Å². The van der Waals surface area contributed by atoms with Crippen molar-refractivity contribution in [2.75, 3.05) is 19.0 Å². The summed E-state index contributed by atoms with van der Waals surface area (Å²) in [4.78, 5) is 35.1. The summed E-state index contributed by atoms with van der Waals surface area (Å²) in [5, 5.41) is 13.4. The first-order chi connectivity index (χ1) is 13.4. The summed E-state index contributed by atoms with van der Waals surface area (Å²) in [6.07, 6.45) is -1.16. The summed E-state index contributed by atoms with van der Waals surface area (Å²) < 4.78 is 15.7. The summed E-state index contributed by atoms with van der Waals surface area (Å²) >= 11 is 0. The lowest BCUT2D eigenvalue weighted by atomic mass is 10.2.